The quantitative estimate of drug-likeness (QED) is 0.0138. The van der Waals surface area contributed by atoms with E-state index in [1.54, 1.807) is 44.3 Å². The fourth-order valence-electron chi connectivity index (χ4n) is 30.6. The van der Waals surface area contributed by atoms with Crippen molar-refractivity contribution in [1.29, 1.82) is 0 Å². The normalized spacial score (nSPS) is 21.0. The van der Waals surface area contributed by atoms with Crippen molar-refractivity contribution in [3.63, 3.8) is 0 Å². The van der Waals surface area contributed by atoms with Crippen LogP contribution >= 0.6 is 0 Å². The lowest BCUT2D eigenvalue weighted by molar-refractivity contribution is -0.134. The Kier molecular flexibility index (Phi) is 16.4. The largest absolute Gasteiger partial charge is 0.425 e. The number of esters is 1. The van der Waals surface area contributed by atoms with Gasteiger partial charge in [0, 0.05) is 74.2 Å². The summed E-state index contributed by atoms with van der Waals surface area (Å²) in [6.45, 7) is 4.74. The molecule has 12 atom stereocenters. The maximum Gasteiger partial charge on any atom is 0.311 e. The van der Waals surface area contributed by atoms with E-state index >= 15 is 4.79 Å². The molecular weight excluding hydrogens is 1560 g/mol. The molecule has 0 aromatic heterocycles. The van der Waals surface area contributed by atoms with Crippen molar-refractivity contribution in [1.82, 2.24) is 0 Å². The van der Waals surface area contributed by atoms with Gasteiger partial charge in [-0.25, -0.2) is 0 Å². The molecule has 2 nitrogen and oxygen atoms in total. The molecule has 29 rings (SSSR count). The Bertz CT molecular complexity index is 8150. The number of unbranched alkanes of at least 4 members (excludes halogenated alkanes) is 10. The highest BCUT2D eigenvalue weighted by molar-refractivity contribution is 6.58. The summed E-state index contributed by atoms with van der Waals surface area (Å²) < 4.78 is 7.63. The van der Waals surface area contributed by atoms with E-state index in [9.17, 15) is 0 Å². The van der Waals surface area contributed by atoms with Gasteiger partial charge in [0.05, 0.1) is 0 Å². The average molecular weight is 1660 g/mol. The Balaban J connectivity index is 0.540. The van der Waals surface area contributed by atoms with Crippen molar-refractivity contribution >= 4 is 154 Å². The number of hydrogen-bond donors (Lipinski definition) is 0. The molecule has 129 heavy (non-hydrogen) atoms. The van der Waals surface area contributed by atoms with Crippen LogP contribution in [-0.4, -0.2) is 5.97 Å². The van der Waals surface area contributed by atoms with Crippen molar-refractivity contribution in [2.45, 2.75) is 202 Å². The predicted octanol–water partition coefficient (Wildman–Crippen LogP) is 32.3. The first-order valence-electron chi connectivity index (χ1n) is 50.1. The average Bonchev–Trinajstić information content (AvgIpc) is 0.620. The monoisotopic (exact) mass is 1660 g/mol. The molecule has 0 radical (unpaired) electrons. The van der Waals surface area contributed by atoms with E-state index in [2.05, 4.69) is 281 Å². The number of allylic oxidation sites excluding steroid dienone is 16. The summed E-state index contributed by atoms with van der Waals surface area (Å²) in [6.07, 6.45) is 55.7. The molecule has 1 fully saturated rings. The van der Waals surface area contributed by atoms with Gasteiger partial charge in [-0.3, -0.25) is 4.79 Å². The zero-order valence-corrected chi connectivity index (χ0v) is 74.2. The summed E-state index contributed by atoms with van der Waals surface area (Å²) in [7, 11) is 0. The molecule has 0 N–H and O–H groups in total. The number of hydrogen-bond acceptors (Lipinski definition) is 2. The second kappa shape index (κ2) is 28.4. The highest BCUT2D eigenvalue weighted by Gasteiger charge is 2.59. The molecular formula is C127H106O2. The zero-order chi connectivity index (χ0) is 84.4. The standard InChI is InChI=1S/C127H106O2/c1-3-5-6-7-8-10-18-41-74(93(75-43-28-17-29-44-75)67-84(73-39-26-16-27-40-73)63-83(72-37-24-15-25-38-72)62-82(71-35-22-14-23-36-71)58-69(4-2)70-33-20-13-21-34-70)42-19-11-9-12-30-49-96(128)129-127-94-66-81-53-51-77-55-57-92-89-47-31-45-78-59-85-64-87-65-86-61-80-52-50-76-54-56-91-90-48-32-46-79-60-88-68-95(127)110-117-106(88)112(98(79)90)119-107(91)99(76)101(80)113-104(86)115-105(87)114-103(85)111(97(78)89)120-108(92)100(77)102(81)116-109(94)118(110)126(122(114)124(116)120)123(115)125(117)121(113)119/h13-17,20-29,32-40,43-46,48,50-57,59-61,64-66,68-69,74,82-84,93,98-99,101,103,107,119H,3-12,18-19,30-31,41-42,47,49,58,62-63,67H2,1-2H3/t69-,74?,82+,83+,84+,93-,98?,99?,101?,103?,107?,119?/m1/s1. The van der Waals surface area contributed by atoms with Gasteiger partial charge in [0.1, 0.15) is 5.75 Å². The second-order valence-corrected chi connectivity index (χ2v) is 41.7. The fraction of sp³-hybridized carbons (Fsp3) is 0.283. The van der Waals surface area contributed by atoms with E-state index in [0.717, 1.165) is 87.2 Å². The van der Waals surface area contributed by atoms with E-state index in [0.29, 0.717) is 53.8 Å². The predicted molar refractivity (Wildman–Crippen MR) is 541 cm³/mol. The van der Waals surface area contributed by atoms with Gasteiger partial charge in [0.2, 0.25) is 0 Å². The first-order valence-corrected chi connectivity index (χ1v) is 50.1. The number of ether oxygens (including phenoxy) is 1. The Morgan fingerprint density at radius 1 is 0.395 bits per heavy atom. The minimum absolute atomic E-state index is 0.104. The highest BCUT2D eigenvalue weighted by atomic mass is 16.5. The van der Waals surface area contributed by atoms with E-state index in [4.69, 9.17) is 4.74 Å². The maximum atomic E-state index is 16.0. The summed E-state index contributed by atoms with van der Waals surface area (Å²) in [4.78, 5) is 16.0. The van der Waals surface area contributed by atoms with E-state index < -0.39 is 0 Å². The number of rotatable bonds is 32. The number of aryl methyl sites for hydroxylation is 1. The molecule has 0 saturated heterocycles. The molecule has 0 amide bonds. The summed E-state index contributed by atoms with van der Waals surface area (Å²) >= 11 is 0. The van der Waals surface area contributed by atoms with Gasteiger partial charge in [-0.2, -0.15) is 0 Å². The Morgan fingerprint density at radius 2 is 0.961 bits per heavy atom. The SMILES string of the molecule is CCCCCCCCCC(CCCCCCCC(=O)Oc1c2cc3c4c5c6c7c8c9c(cc%10c%11c%12c%13c%14c%15c%16c%17c(c%18ccc%19ccc%20cc1c(c%14c%20c%19c%18%15)c(c25)c%13c6c9%11)CCC=C%17C=C(C=%10)C%16%12)C=C1C=CC2=CC=C5C6=CC=CC(=C3)C6C=4C7C5C2C18)[C@@H](C[C@H](C[C@H](C[C@H](C[C@@H](CC)c1ccccc1)c1ccccc1)c1ccccc1)c1ccccc1)c1ccccc1. The van der Waals surface area contributed by atoms with Crippen LogP contribution in [0.1, 0.15) is 268 Å². The third kappa shape index (κ3) is 10.3. The Labute approximate surface area is 755 Å². The molecule has 17 aromatic rings. The Hall–Kier alpha value is -12.2. The molecule has 0 bridgehead atoms. The van der Waals surface area contributed by atoms with E-state index in [1.165, 1.54) is 255 Å². The smallest absolute Gasteiger partial charge is 0.311 e. The topological polar surface area (TPSA) is 26.3 Å². The van der Waals surface area contributed by atoms with Crippen molar-refractivity contribution in [2.75, 3.05) is 0 Å². The van der Waals surface area contributed by atoms with Gasteiger partial charge in [0.25, 0.3) is 0 Å². The van der Waals surface area contributed by atoms with Crippen LogP contribution in [0.3, 0.4) is 0 Å². The van der Waals surface area contributed by atoms with Crippen molar-refractivity contribution in [3.05, 3.63) is 365 Å². The number of carbonyl (C=O) groups excluding carboxylic acids is 1. The summed E-state index contributed by atoms with van der Waals surface area (Å²) in [5.74, 6) is 4.60. The van der Waals surface area contributed by atoms with Gasteiger partial charge in [-0.15, -0.1) is 0 Å². The first-order chi connectivity index (χ1) is 63.9. The third-order valence-electron chi connectivity index (χ3n) is 35.5. The van der Waals surface area contributed by atoms with Gasteiger partial charge in [-0.1, -0.05) is 333 Å². The van der Waals surface area contributed by atoms with Crippen LogP contribution < -0.4 is 15.2 Å². The minimum Gasteiger partial charge on any atom is -0.425 e. The van der Waals surface area contributed by atoms with Crippen molar-refractivity contribution < 1.29 is 9.53 Å². The molecule has 2 heteroatoms. The minimum atomic E-state index is -0.104. The highest BCUT2D eigenvalue weighted by Crippen LogP contribution is 2.74. The Morgan fingerprint density at radius 3 is 1.68 bits per heavy atom. The molecule has 0 aliphatic heterocycles. The number of fused-ring (bicyclic) bond motifs is 2. The van der Waals surface area contributed by atoms with E-state index in [-0.39, 0.29) is 29.6 Å². The van der Waals surface area contributed by atoms with Crippen LogP contribution in [-0.2, 0) is 11.2 Å². The molecule has 12 aliphatic rings. The first kappa shape index (κ1) is 74.7. The summed E-state index contributed by atoms with van der Waals surface area (Å²) in [5.41, 5.74) is 31.5. The van der Waals surface area contributed by atoms with Crippen LogP contribution in [0.2, 0.25) is 0 Å². The van der Waals surface area contributed by atoms with Crippen LogP contribution in [0.4, 0.5) is 0 Å². The van der Waals surface area contributed by atoms with Gasteiger partial charge in [0.15, 0.2) is 0 Å². The van der Waals surface area contributed by atoms with Crippen LogP contribution in [0, 0.1) is 23.7 Å². The van der Waals surface area contributed by atoms with Crippen molar-refractivity contribution in [2.24, 2.45) is 23.7 Å². The molecule has 7 unspecified atom stereocenters. The molecule has 1 saturated carbocycles. The van der Waals surface area contributed by atoms with Gasteiger partial charge in [-0.05, 0) is 331 Å². The fourth-order valence-corrected chi connectivity index (χ4v) is 30.6. The number of carbonyl (C=O) groups is 1. The molecule has 17 aromatic carbocycles. The van der Waals surface area contributed by atoms with Crippen LogP contribution in [0.5, 0.6) is 5.75 Å². The van der Waals surface area contributed by atoms with Crippen LogP contribution in [0.15, 0.2) is 282 Å². The third-order valence-corrected chi connectivity index (χ3v) is 35.5. The maximum absolute atomic E-state index is 16.0. The number of benzene rings is 17. The van der Waals surface area contributed by atoms with Gasteiger partial charge >= 0.3 is 5.97 Å². The van der Waals surface area contributed by atoms with E-state index in [1.807, 2.05) is 0 Å². The molecule has 0 spiro atoms. The second-order valence-electron chi connectivity index (χ2n) is 41.7. The summed E-state index contributed by atoms with van der Waals surface area (Å²) in [6, 6.07) is 75.9. The molecule has 626 valence electrons. The lowest BCUT2D eigenvalue weighted by Crippen LogP contribution is -2.47. The lowest BCUT2D eigenvalue weighted by atomic mass is 9.45. The van der Waals surface area contributed by atoms with Gasteiger partial charge < -0.3 is 4.74 Å². The molecule has 0 heterocycles. The summed E-state index contributed by atoms with van der Waals surface area (Å²) in [5, 5.41) is 33.8. The van der Waals surface area contributed by atoms with Crippen molar-refractivity contribution in [3.8, 4) is 5.75 Å². The zero-order valence-electron chi connectivity index (χ0n) is 74.2. The van der Waals surface area contributed by atoms with Crippen LogP contribution in [0.25, 0.3) is 148 Å². The molecule has 12 aliphatic carbocycles. The lowest BCUT2D eigenvalue weighted by Gasteiger charge is -2.57.